The van der Waals surface area contributed by atoms with Crippen LogP contribution in [0.4, 0.5) is 0 Å². The predicted octanol–water partition coefficient (Wildman–Crippen LogP) is 5.85. The van der Waals surface area contributed by atoms with Crippen LogP contribution in [-0.2, 0) is 0 Å². The van der Waals surface area contributed by atoms with Gasteiger partial charge < -0.3 is 5.11 Å². The van der Waals surface area contributed by atoms with Crippen molar-refractivity contribution in [3.8, 4) is 5.75 Å². The zero-order valence-corrected chi connectivity index (χ0v) is 15.7. The van der Waals surface area contributed by atoms with Gasteiger partial charge in [0, 0.05) is 5.56 Å². The first-order chi connectivity index (χ1) is 13.3. The number of benzene rings is 3. The van der Waals surface area contributed by atoms with E-state index >= 15 is 0 Å². The molecule has 0 amide bonds. The molecule has 0 saturated carbocycles. The van der Waals surface area contributed by atoms with Crippen LogP contribution in [0.2, 0.25) is 0 Å². The van der Waals surface area contributed by atoms with Gasteiger partial charge in [0.2, 0.25) is 0 Å². The van der Waals surface area contributed by atoms with Crippen LogP contribution < -0.4 is 0 Å². The quantitative estimate of drug-likeness (QED) is 0.421. The second-order valence-electron chi connectivity index (χ2n) is 7.09. The molecule has 4 nitrogen and oxygen atoms in total. The summed E-state index contributed by atoms with van der Waals surface area (Å²) < 4.78 is 0. The standard InChI is InChI=1S/C23H25N3O/c1-2-3-4-5-14-21(26-24-19-12-8-9-13-20(19)25-26)23-18-11-7-6-10-17(18)15-16-22(23)27/h6-13,15-16,21,27H,2-5,14H2,1H3. The molecule has 1 aromatic heterocycles. The molecule has 27 heavy (non-hydrogen) atoms. The highest BCUT2D eigenvalue weighted by Crippen LogP contribution is 2.36. The molecule has 1 unspecified atom stereocenters. The molecule has 1 N–H and O–H groups in total. The van der Waals surface area contributed by atoms with Crippen LogP contribution in [0.5, 0.6) is 5.75 Å². The van der Waals surface area contributed by atoms with Crippen molar-refractivity contribution < 1.29 is 5.11 Å². The van der Waals surface area contributed by atoms with Gasteiger partial charge in [-0.1, -0.05) is 75.1 Å². The average molecular weight is 359 g/mol. The number of nitrogens with zero attached hydrogens (tertiary/aromatic N) is 3. The van der Waals surface area contributed by atoms with E-state index in [4.69, 9.17) is 10.2 Å². The largest absolute Gasteiger partial charge is 0.508 e. The van der Waals surface area contributed by atoms with Gasteiger partial charge in [-0.15, -0.1) is 0 Å². The lowest BCUT2D eigenvalue weighted by Gasteiger charge is -2.20. The van der Waals surface area contributed by atoms with Crippen LogP contribution in [0, 0.1) is 0 Å². The molecule has 3 aromatic carbocycles. The number of fused-ring (bicyclic) bond motifs is 2. The summed E-state index contributed by atoms with van der Waals surface area (Å²) in [7, 11) is 0. The van der Waals surface area contributed by atoms with Crippen LogP contribution in [0.3, 0.4) is 0 Å². The first-order valence-corrected chi connectivity index (χ1v) is 9.80. The minimum absolute atomic E-state index is 0.0830. The Bertz CT molecular complexity index is 1020. The van der Waals surface area contributed by atoms with Gasteiger partial charge in [-0.25, -0.2) is 0 Å². The average Bonchev–Trinajstić information content (AvgIpc) is 3.13. The second kappa shape index (κ2) is 7.78. The molecule has 0 bridgehead atoms. The van der Waals surface area contributed by atoms with Gasteiger partial charge in [-0.3, -0.25) is 0 Å². The molecular formula is C23H25N3O. The maximum absolute atomic E-state index is 10.7. The Balaban J connectivity index is 1.82. The molecular weight excluding hydrogens is 334 g/mol. The van der Waals surface area contributed by atoms with E-state index in [-0.39, 0.29) is 6.04 Å². The van der Waals surface area contributed by atoms with Gasteiger partial charge in [0.05, 0.1) is 0 Å². The van der Waals surface area contributed by atoms with Crippen molar-refractivity contribution in [1.82, 2.24) is 15.0 Å². The first-order valence-electron chi connectivity index (χ1n) is 9.80. The molecule has 0 radical (unpaired) electrons. The molecule has 4 heteroatoms. The second-order valence-corrected chi connectivity index (χ2v) is 7.09. The number of aromatic nitrogens is 3. The summed E-state index contributed by atoms with van der Waals surface area (Å²) in [5, 5.41) is 22.4. The van der Waals surface area contributed by atoms with Crippen LogP contribution in [0.25, 0.3) is 21.8 Å². The number of phenolic OH excluding ortho intramolecular Hbond substituents is 1. The van der Waals surface area contributed by atoms with Crippen molar-refractivity contribution in [2.24, 2.45) is 0 Å². The number of phenols is 1. The maximum Gasteiger partial charge on any atom is 0.121 e. The molecule has 0 aliphatic heterocycles. The minimum Gasteiger partial charge on any atom is -0.508 e. The Hall–Kier alpha value is -2.88. The molecule has 4 aromatic rings. The molecule has 138 valence electrons. The first kappa shape index (κ1) is 17.5. The lowest BCUT2D eigenvalue weighted by molar-refractivity contribution is 0.399. The van der Waals surface area contributed by atoms with Gasteiger partial charge in [0.15, 0.2) is 0 Å². The van der Waals surface area contributed by atoms with Gasteiger partial charge in [-0.2, -0.15) is 15.0 Å². The summed E-state index contributed by atoms with van der Waals surface area (Å²) in [6, 6.07) is 19.8. The van der Waals surface area contributed by atoms with Crippen molar-refractivity contribution in [3.05, 3.63) is 66.2 Å². The van der Waals surface area contributed by atoms with E-state index in [1.54, 1.807) is 10.9 Å². The highest BCUT2D eigenvalue weighted by Gasteiger charge is 2.22. The fourth-order valence-corrected chi connectivity index (χ4v) is 3.79. The van der Waals surface area contributed by atoms with Crippen LogP contribution >= 0.6 is 0 Å². The number of rotatable bonds is 7. The van der Waals surface area contributed by atoms with Crippen molar-refractivity contribution in [1.29, 1.82) is 0 Å². The van der Waals surface area contributed by atoms with Crippen molar-refractivity contribution in [2.75, 3.05) is 0 Å². The number of hydrogen-bond donors (Lipinski definition) is 1. The summed E-state index contributed by atoms with van der Waals surface area (Å²) in [6.45, 7) is 2.22. The molecule has 0 saturated heterocycles. The zero-order chi connectivity index (χ0) is 18.6. The van der Waals surface area contributed by atoms with Gasteiger partial charge in [0.25, 0.3) is 0 Å². The smallest absolute Gasteiger partial charge is 0.121 e. The predicted molar refractivity (Wildman–Crippen MR) is 110 cm³/mol. The summed E-state index contributed by atoms with van der Waals surface area (Å²) in [5.74, 6) is 0.315. The van der Waals surface area contributed by atoms with Crippen molar-refractivity contribution in [2.45, 2.75) is 45.1 Å². The van der Waals surface area contributed by atoms with Crippen molar-refractivity contribution in [3.63, 3.8) is 0 Å². The van der Waals surface area contributed by atoms with Gasteiger partial charge in [-0.05, 0) is 35.4 Å². The maximum atomic E-state index is 10.7. The summed E-state index contributed by atoms with van der Waals surface area (Å²) in [5.41, 5.74) is 2.69. The minimum atomic E-state index is -0.0830. The molecule has 1 heterocycles. The Labute approximate surface area is 159 Å². The Kier molecular flexibility index (Phi) is 5.05. The highest BCUT2D eigenvalue weighted by molar-refractivity contribution is 5.88. The fourth-order valence-electron chi connectivity index (χ4n) is 3.79. The Morgan fingerprint density at radius 2 is 1.56 bits per heavy atom. The van der Waals surface area contributed by atoms with E-state index < -0.39 is 0 Å². The van der Waals surface area contributed by atoms with Gasteiger partial charge >= 0.3 is 0 Å². The molecule has 1 atom stereocenters. The van der Waals surface area contributed by atoms with E-state index in [1.165, 1.54) is 19.3 Å². The fraction of sp³-hybridized carbons (Fsp3) is 0.304. The van der Waals surface area contributed by atoms with Crippen LogP contribution in [0.1, 0.15) is 50.6 Å². The summed E-state index contributed by atoms with van der Waals surface area (Å²) >= 11 is 0. The van der Waals surface area contributed by atoms with Crippen LogP contribution in [0.15, 0.2) is 60.7 Å². The third-order valence-electron chi connectivity index (χ3n) is 5.19. The third-order valence-corrected chi connectivity index (χ3v) is 5.19. The van der Waals surface area contributed by atoms with Crippen molar-refractivity contribution >= 4 is 21.8 Å². The lowest BCUT2D eigenvalue weighted by Crippen LogP contribution is -2.15. The summed E-state index contributed by atoms with van der Waals surface area (Å²) in [6.07, 6.45) is 5.60. The molecule has 4 rings (SSSR count). The molecule has 0 spiro atoms. The number of hydrogen-bond acceptors (Lipinski definition) is 3. The van der Waals surface area contributed by atoms with E-state index in [2.05, 4.69) is 19.1 Å². The highest BCUT2D eigenvalue weighted by atomic mass is 16.3. The van der Waals surface area contributed by atoms with E-state index in [0.717, 1.165) is 40.2 Å². The molecule has 0 fully saturated rings. The molecule has 0 aliphatic rings. The monoisotopic (exact) mass is 359 g/mol. The third kappa shape index (κ3) is 3.52. The van der Waals surface area contributed by atoms with Gasteiger partial charge in [0.1, 0.15) is 22.8 Å². The topological polar surface area (TPSA) is 50.9 Å². The van der Waals surface area contributed by atoms with E-state index in [9.17, 15) is 5.11 Å². The Morgan fingerprint density at radius 3 is 2.30 bits per heavy atom. The zero-order valence-electron chi connectivity index (χ0n) is 15.7. The Morgan fingerprint density at radius 1 is 0.852 bits per heavy atom. The number of aromatic hydroxyl groups is 1. The van der Waals surface area contributed by atoms with E-state index in [1.807, 2.05) is 42.5 Å². The normalized spacial score (nSPS) is 12.6. The summed E-state index contributed by atoms with van der Waals surface area (Å²) in [4.78, 5) is 1.80. The van der Waals surface area contributed by atoms with E-state index in [0.29, 0.717) is 5.75 Å². The van der Waals surface area contributed by atoms with Crippen LogP contribution in [-0.4, -0.2) is 20.1 Å². The number of unbranched alkanes of at least 4 members (excludes halogenated alkanes) is 3. The SMILES string of the molecule is CCCCCCC(c1c(O)ccc2ccccc12)n1nc2ccccc2n1. The molecule has 0 aliphatic carbocycles. The lowest BCUT2D eigenvalue weighted by atomic mass is 9.94.